The third-order valence-corrected chi connectivity index (χ3v) is 4.77. The van der Waals surface area contributed by atoms with Crippen LogP contribution in [-0.4, -0.2) is 25.7 Å². The molecular formula is C23H19F3N6O. The lowest BCUT2D eigenvalue weighted by Crippen LogP contribution is -2.15. The Kier molecular flexibility index (Phi) is 6.07. The monoisotopic (exact) mass is 452 g/mol. The molecule has 7 nitrogen and oxygen atoms in total. The molecule has 10 heteroatoms. The van der Waals surface area contributed by atoms with Crippen molar-refractivity contribution in [3.8, 4) is 11.5 Å². The van der Waals surface area contributed by atoms with E-state index >= 15 is 0 Å². The molecule has 2 N–H and O–H groups in total. The summed E-state index contributed by atoms with van der Waals surface area (Å²) in [4.78, 5) is 17.1. The van der Waals surface area contributed by atoms with Crippen LogP contribution in [0.2, 0.25) is 0 Å². The van der Waals surface area contributed by atoms with E-state index in [0.717, 1.165) is 18.2 Å². The first-order chi connectivity index (χ1) is 15.8. The summed E-state index contributed by atoms with van der Waals surface area (Å²) in [6.07, 6.45) is 1.59. The molecule has 0 aliphatic rings. The number of halogens is 3. The summed E-state index contributed by atoms with van der Waals surface area (Å²) in [6, 6.07) is 12.1. The Hall–Kier alpha value is -4.21. The minimum Gasteiger partial charge on any atom is -0.355 e. The fraction of sp³-hybridized carbons (Fsp3) is 0.130. The predicted molar refractivity (Wildman–Crippen MR) is 118 cm³/mol. The zero-order valence-electron chi connectivity index (χ0n) is 17.7. The predicted octanol–water partition coefficient (Wildman–Crippen LogP) is 5.33. The van der Waals surface area contributed by atoms with E-state index in [0.29, 0.717) is 17.2 Å². The molecule has 168 valence electrons. The number of pyridine rings is 1. The van der Waals surface area contributed by atoms with Crippen LogP contribution in [0.15, 0.2) is 60.9 Å². The Labute approximate surface area is 187 Å². The number of hydrogen-bond donors (Lipinski definition) is 2. The van der Waals surface area contributed by atoms with Gasteiger partial charge in [0.25, 0.3) is 5.91 Å². The van der Waals surface area contributed by atoms with Gasteiger partial charge in [0.1, 0.15) is 23.7 Å². The smallest absolute Gasteiger partial charge is 0.259 e. The molecule has 0 fully saturated rings. The van der Waals surface area contributed by atoms with Gasteiger partial charge in [-0.1, -0.05) is 6.07 Å². The number of nitrogens with one attached hydrogen (secondary N) is 2. The second-order valence-corrected chi connectivity index (χ2v) is 7.47. The lowest BCUT2D eigenvalue weighted by Gasteiger charge is -2.12. The fourth-order valence-corrected chi connectivity index (χ4v) is 3.13. The molecule has 0 saturated carbocycles. The summed E-state index contributed by atoms with van der Waals surface area (Å²) < 4.78 is 42.8. The number of carbonyl (C=O) groups excluding carboxylic acids is 1. The van der Waals surface area contributed by atoms with Crippen LogP contribution < -0.4 is 10.6 Å². The molecule has 0 unspecified atom stereocenters. The molecule has 0 aliphatic heterocycles. The third-order valence-electron chi connectivity index (χ3n) is 4.77. The number of nitrogens with zero attached hydrogens (tertiary/aromatic N) is 4. The van der Waals surface area contributed by atoms with Gasteiger partial charge in [-0.15, -0.1) is 10.2 Å². The molecule has 1 amide bonds. The molecule has 33 heavy (non-hydrogen) atoms. The Morgan fingerprint density at radius 2 is 1.67 bits per heavy atom. The van der Waals surface area contributed by atoms with Crippen molar-refractivity contribution in [2.24, 2.45) is 0 Å². The number of aromatic nitrogens is 4. The maximum atomic E-state index is 14.4. The van der Waals surface area contributed by atoms with Crippen molar-refractivity contribution in [3.63, 3.8) is 0 Å². The second-order valence-electron chi connectivity index (χ2n) is 7.47. The summed E-state index contributed by atoms with van der Waals surface area (Å²) in [7, 11) is 0. The third kappa shape index (κ3) is 4.84. The highest BCUT2D eigenvalue weighted by molar-refractivity contribution is 6.04. The first-order valence-corrected chi connectivity index (χ1v) is 10.0. The van der Waals surface area contributed by atoms with Gasteiger partial charge in [0, 0.05) is 23.5 Å². The fourth-order valence-electron chi connectivity index (χ4n) is 3.13. The number of amides is 1. The zero-order valence-corrected chi connectivity index (χ0v) is 17.7. The molecule has 0 bridgehead atoms. The minimum absolute atomic E-state index is 0.106. The summed E-state index contributed by atoms with van der Waals surface area (Å²) in [5.74, 6) is -2.75. The van der Waals surface area contributed by atoms with E-state index in [1.54, 1.807) is 24.5 Å². The minimum atomic E-state index is -1.03. The maximum absolute atomic E-state index is 14.4. The molecule has 2 aromatic heterocycles. The molecule has 2 aromatic carbocycles. The van der Waals surface area contributed by atoms with E-state index in [2.05, 4.69) is 25.8 Å². The molecule has 0 aliphatic carbocycles. The molecule has 0 radical (unpaired) electrons. The van der Waals surface area contributed by atoms with Crippen LogP contribution in [0.1, 0.15) is 30.2 Å². The average Bonchev–Trinajstić information content (AvgIpc) is 3.28. The van der Waals surface area contributed by atoms with Crippen molar-refractivity contribution in [1.82, 2.24) is 19.7 Å². The van der Waals surface area contributed by atoms with Crippen LogP contribution in [0.3, 0.4) is 0 Å². The van der Waals surface area contributed by atoms with Crippen LogP contribution in [0.5, 0.6) is 0 Å². The van der Waals surface area contributed by atoms with Crippen LogP contribution in [0.4, 0.5) is 30.4 Å². The largest absolute Gasteiger partial charge is 0.355 e. The molecule has 0 saturated heterocycles. The zero-order chi connectivity index (χ0) is 23.5. The first-order valence-electron chi connectivity index (χ1n) is 10.0. The Morgan fingerprint density at radius 3 is 2.39 bits per heavy atom. The van der Waals surface area contributed by atoms with Crippen molar-refractivity contribution in [2.75, 3.05) is 10.6 Å². The van der Waals surface area contributed by atoms with Gasteiger partial charge >= 0.3 is 0 Å². The van der Waals surface area contributed by atoms with Crippen LogP contribution in [0.25, 0.3) is 11.5 Å². The van der Waals surface area contributed by atoms with Gasteiger partial charge in [0.15, 0.2) is 17.5 Å². The Morgan fingerprint density at radius 1 is 0.939 bits per heavy atom. The molecule has 4 rings (SSSR count). The van der Waals surface area contributed by atoms with Gasteiger partial charge < -0.3 is 15.2 Å². The molecular weight excluding hydrogens is 433 g/mol. The highest BCUT2D eigenvalue weighted by Crippen LogP contribution is 2.23. The summed E-state index contributed by atoms with van der Waals surface area (Å²) in [5.41, 5.74) is 0.808. The maximum Gasteiger partial charge on any atom is 0.259 e. The van der Waals surface area contributed by atoms with Gasteiger partial charge in [-0.2, -0.15) is 0 Å². The van der Waals surface area contributed by atoms with Crippen LogP contribution in [-0.2, 0) is 0 Å². The van der Waals surface area contributed by atoms with Crippen molar-refractivity contribution in [2.45, 2.75) is 19.9 Å². The highest BCUT2D eigenvalue weighted by atomic mass is 19.2. The van der Waals surface area contributed by atoms with Gasteiger partial charge in [-0.25, -0.2) is 18.2 Å². The second kappa shape index (κ2) is 9.11. The van der Waals surface area contributed by atoms with Crippen molar-refractivity contribution in [1.29, 1.82) is 0 Å². The van der Waals surface area contributed by atoms with Gasteiger partial charge in [0.05, 0.1) is 5.56 Å². The first kappa shape index (κ1) is 22.0. The van der Waals surface area contributed by atoms with Crippen molar-refractivity contribution in [3.05, 3.63) is 83.9 Å². The highest BCUT2D eigenvalue weighted by Gasteiger charge is 2.16. The Balaban J connectivity index is 1.55. The van der Waals surface area contributed by atoms with Gasteiger partial charge in [-0.05, 0) is 56.3 Å². The number of benzene rings is 2. The van der Waals surface area contributed by atoms with Crippen LogP contribution in [0, 0.1) is 17.5 Å². The van der Waals surface area contributed by atoms with Crippen LogP contribution >= 0.6 is 0 Å². The molecule has 2 heterocycles. The molecule has 4 aromatic rings. The van der Waals surface area contributed by atoms with Crippen molar-refractivity contribution >= 4 is 23.1 Å². The normalized spacial score (nSPS) is 11.0. The number of rotatable bonds is 6. The van der Waals surface area contributed by atoms with E-state index in [4.69, 9.17) is 0 Å². The van der Waals surface area contributed by atoms with Gasteiger partial charge in [-0.3, -0.25) is 4.79 Å². The topological polar surface area (TPSA) is 84.7 Å². The number of hydrogen-bond acceptors (Lipinski definition) is 5. The summed E-state index contributed by atoms with van der Waals surface area (Å²) in [6.45, 7) is 3.95. The van der Waals surface area contributed by atoms with Crippen molar-refractivity contribution < 1.29 is 18.0 Å². The summed E-state index contributed by atoms with van der Waals surface area (Å²) in [5, 5.41) is 13.4. The quantitative estimate of drug-likeness (QED) is 0.413. The molecule has 0 atom stereocenters. The van der Waals surface area contributed by atoms with E-state index in [1.807, 2.05) is 18.4 Å². The Bertz CT molecular complexity index is 1320. The van der Waals surface area contributed by atoms with E-state index in [1.165, 1.54) is 18.2 Å². The standard InChI is InChI=1S/C23H19F3N6O/c1-13(2)32-12-27-31-22(32)20-4-3-5-21(29-20)30-23(33)16-10-14(6-8-17(16)24)28-15-7-9-18(25)19(26)11-15/h3-13,28H,1-2H3,(H,29,30,33). The summed E-state index contributed by atoms with van der Waals surface area (Å²) >= 11 is 0. The number of carbonyl (C=O) groups is 1. The van der Waals surface area contributed by atoms with E-state index in [9.17, 15) is 18.0 Å². The average molecular weight is 452 g/mol. The lowest BCUT2D eigenvalue weighted by molar-refractivity contribution is 0.102. The van der Waals surface area contributed by atoms with Gasteiger partial charge in [0.2, 0.25) is 0 Å². The molecule has 0 spiro atoms. The van der Waals surface area contributed by atoms with E-state index in [-0.39, 0.29) is 23.1 Å². The lowest BCUT2D eigenvalue weighted by atomic mass is 10.1. The SMILES string of the molecule is CC(C)n1cnnc1-c1cccc(NC(=O)c2cc(Nc3ccc(F)c(F)c3)ccc2F)n1. The number of anilines is 3. The van der Waals surface area contributed by atoms with E-state index < -0.39 is 23.4 Å².